The molecule has 0 aromatic carbocycles. The standard InChI is InChI=1S/C9H2BrF9N4/c10-3-1-2(7(11,12)13)23(22-3)4-5(8(14,15)16)20-21-6(4)9(17,18)19/h1H,(H,20,21). The Kier molecular flexibility index (Phi) is 3.94. The van der Waals surface area contributed by atoms with Gasteiger partial charge in [0.25, 0.3) is 0 Å². The van der Waals surface area contributed by atoms with Crippen molar-refractivity contribution in [3.63, 3.8) is 0 Å². The van der Waals surface area contributed by atoms with Gasteiger partial charge in [-0.3, -0.25) is 5.10 Å². The summed E-state index contributed by atoms with van der Waals surface area (Å²) in [6, 6.07) is 0.243. The van der Waals surface area contributed by atoms with E-state index in [1.54, 1.807) is 0 Å². The van der Waals surface area contributed by atoms with Gasteiger partial charge in [-0.25, -0.2) is 4.68 Å². The molecular formula is C9H2BrF9N4. The summed E-state index contributed by atoms with van der Waals surface area (Å²) in [6.45, 7) is 0. The van der Waals surface area contributed by atoms with E-state index < -0.39 is 50.6 Å². The van der Waals surface area contributed by atoms with Gasteiger partial charge in [0.2, 0.25) is 0 Å². The van der Waals surface area contributed by atoms with Crippen molar-refractivity contribution in [1.29, 1.82) is 0 Å². The van der Waals surface area contributed by atoms with Gasteiger partial charge in [0.05, 0.1) is 0 Å². The van der Waals surface area contributed by atoms with E-state index in [9.17, 15) is 39.5 Å². The van der Waals surface area contributed by atoms with Crippen molar-refractivity contribution < 1.29 is 39.5 Å². The fourth-order valence-electron chi connectivity index (χ4n) is 1.66. The van der Waals surface area contributed by atoms with Crippen molar-refractivity contribution in [1.82, 2.24) is 20.0 Å². The highest BCUT2D eigenvalue weighted by Gasteiger charge is 2.48. The number of hydrogen-bond acceptors (Lipinski definition) is 2. The van der Waals surface area contributed by atoms with E-state index in [1.807, 2.05) is 0 Å². The molecule has 0 fully saturated rings. The summed E-state index contributed by atoms with van der Waals surface area (Å²) in [5.74, 6) is 0. The molecule has 0 aliphatic heterocycles. The van der Waals surface area contributed by atoms with Crippen LogP contribution in [-0.2, 0) is 18.5 Å². The van der Waals surface area contributed by atoms with Crippen LogP contribution in [0.2, 0.25) is 0 Å². The van der Waals surface area contributed by atoms with Gasteiger partial charge in [0.15, 0.2) is 11.4 Å². The van der Waals surface area contributed by atoms with Crippen molar-refractivity contribution in [2.75, 3.05) is 0 Å². The third kappa shape index (κ3) is 3.30. The highest BCUT2D eigenvalue weighted by Crippen LogP contribution is 2.42. The van der Waals surface area contributed by atoms with E-state index >= 15 is 0 Å². The molecule has 2 rings (SSSR count). The molecule has 2 aromatic heterocycles. The molecule has 0 radical (unpaired) electrons. The molecule has 0 saturated carbocycles. The predicted octanol–water partition coefficient (Wildman–Crippen LogP) is 4.41. The second-order valence-corrected chi connectivity index (χ2v) is 4.87. The van der Waals surface area contributed by atoms with Crippen LogP contribution in [0.15, 0.2) is 10.7 Å². The number of rotatable bonds is 1. The van der Waals surface area contributed by atoms with Gasteiger partial charge in [-0.05, 0) is 15.9 Å². The lowest BCUT2D eigenvalue weighted by atomic mass is 10.2. The SMILES string of the molecule is FC(F)(F)c1n[nH]c(C(F)(F)F)c1-n1nc(Br)cc1C(F)(F)F. The lowest BCUT2D eigenvalue weighted by Crippen LogP contribution is -2.20. The summed E-state index contributed by atoms with van der Waals surface area (Å²) in [5.41, 5.74) is -8.00. The highest BCUT2D eigenvalue weighted by atomic mass is 79.9. The zero-order valence-electron chi connectivity index (χ0n) is 10.2. The molecule has 0 saturated heterocycles. The summed E-state index contributed by atoms with van der Waals surface area (Å²) >= 11 is 2.49. The summed E-state index contributed by atoms with van der Waals surface area (Å²) in [7, 11) is 0. The minimum absolute atomic E-state index is 0.243. The minimum atomic E-state index is -5.43. The fourth-order valence-corrected chi connectivity index (χ4v) is 2.04. The minimum Gasteiger partial charge on any atom is -0.271 e. The first-order valence-electron chi connectivity index (χ1n) is 5.29. The molecule has 2 aromatic rings. The largest absolute Gasteiger partial charge is 0.437 e. The van der Waals surface area contributed by atoms with E-state index in [0.29, 0.717) is 0 Å². The Hall–Kier alpha value is -1.73. The van der Waals surface area contributed by atoms with Crippen LogP contribution < -0.4 is 0 Å². The second-order valence-electron chi connectivity index (χ2n) is 4.05. The van der Waals surface area contributed by atoms with Crippen LogP contribution in [0.4, 0.5) is 39.5 Å². The quantitative estimate of drug-likeness (QED) is 0.699. The van der Waals surface area contributed by atoms with E-state index in [1.165, 1.54) is 0 Å². The monoisotopic (exact) mass is 416 g/mol. The normalized spacial score (nSPS) is 13.7. The number of aromatic nitrogens is 4. The average Bonchev–Trinajstić information content (AvgIpc) is 2.88. The van der Waals surface area contributed by atoms with Crippen molar-refractivity contribution in [2.24, 2.45) is 0 Å². The van der Waals surface area contributed by atoms with Crippen LogP contribution in [0.5, 0.6) is 0 Å². The molecular weight excluding hydrogens is 415 g/mol. The predicted molar refractivity (Wildman–Crippen MR) is 58.4 cm³/mol. The van der Waals surface area contributed by atoms with Crippen LogP contribution in [0.3, 0.4) is 0 Å². The fraction of sp³-hybridized carbons (Fsp3) is 0.333. The molecule has 14 heteroatoms. The molecule has 1 N–H and O–H groups in total. The number of alkyl halides is 9. The van der Waals surface area contributed by atoms with E-state index in [2.05, 4.69) is 26.1 Å². The average molecular weight is 417 g/mol. The lowest BCUT2D eigenvalue weighted by Gasteiger charge is -2.14. The molecule has 0 bridgehead atoms. The molecule has 0 aliphatic rings. The van der Waals surface area contributed by atoms with Gasteiger partial charge >= 0.3 is 18.5 Å². The molecule has 2 heterocycles. The lowest BCUT2D eigenvalue weighted by molar-refractivity contribution is -0.148. The van der Waals surface area contributed by atoms with E-state index in [0.717, 1.165) is 5.10 Å². The maximum Gasteiger partial charge on any atom is 0.437 e. The van der Waals surface area contributed by atoms with Crippen molar-refractivity contribution >= 4 is 15.9 Å². The third-order valence-corrected chi connectivity index (χ3v) is 2.86. The van der Waals surface area contributed by atoms with Crippen molar-refractivity contribution in [3.8, 4) is 5.69 Å². The molecule has 0 aliphatic carbocycles. The molecule has 4 nitrogen and oxygen atoms in total. The van der Waals surface area contributed by atoms with Gasteiger partial charge in [0, 0.05) is 6.07 Å². The molecule has 0 atom stereocenters. The highest BCUT2D eigenvalue weighted by molar-refractivity contribution is 9.10. The Morgan fingerprint density at radius 3 is 1.91 bits per heavy atom. The zero-order chi connectivity index (χ0) is 17.8. The van der Waals surface area contributed by atoms with Gasteiger partial charge < -0.3 is 0 Å². The maximum absolute atomic E-state index is 12.8. The summed E-state index contributed by atoms with van der Waals surface area (Å²) in [6.07, 6.45) is -16.1. The van der Waals surface area contributed by atoms with E-state index in [-0.39, 0.29) is 6.07 Å². The van der Waals surface area contributed by atoms with Crippen LogP contribution in [0, 0.1) is 0 Å². The van der Waals surface area contributed by atoms with Crippen LogP contribution in [0.25, 0.3) is 5.69 Å². The molecule has 0 unspecified atom stereocenters. The smallest absolute Gasteiger partial charge is 0.271 e. The number of halogens is 10. The summed E-state index contributed by atoms with van der Waals surface area (Å²) < 4.78 is 114. The van der Waals surface area contributed by atoms with Gasteiger partial charge in [0.1, 0.15) is 16.0 Å². The molecule has 0 amide bonds. The first-order valence-corrected chi connectivity index (χ1v) is 6.08. The van der Waals surface area contributed by atoms with E-state index in [4.69, 9.17) is 0 Å². The number of nitrogens with one attached hydrogen (secondary N) is 1. The summed E-state index contributed by atoms with van der Waals surface area (Å²) in [5, 5.41) is 6.54. The maximum atomic E-state index is 12.8. The zero-order valence-corrected chi connectivity index (χ0v) is 11.8. The van der Waals surface area contributed by atoms with Gasteiger partial charge in [-0.2, -0.15) is 49.7 Å². The molecule has 128 valence electrons. The molecule has 0 spiro atoms. The Morgan fingerprint density at radius 2 is 1.48 bits per heavy atom. The molecule has 23 heavy (non-hydrogen) atoms. The number of H-pyrrole nitrogens is 1. The van der Waals surface area contributed by atoms with Crippen molar-refractivity contribution in [2.45, 2.75) is 18.5 Å². The van der Waals surface area contributed by atoms with Crippen LogP contribution in [-0.4, -0.2) is 20.0 Å². The van der Waals surface area contributed by atoms with Crippen molar-refractivity contribution in [3.05, 3.63) is 27.8 Å². The first kappa shape index (κ1) is 17.6. The van der Waals surface area contributed by atoms with Gasteiger partial charge in [-0.1, -0.05) is 0 Å². The first-order chi connectivity index (χ1) is 10.2. The van der Waals surface area contributed by atoms with Crippen LogP contribution >= 0.6 is 15.9 Å². The Labute approximate surface area is 128 Å². The Bertz CT molecular complexity index is 689. The Balaban J connectivity index is 2.85. The number of hydrogen-bond donors (Lipinski definition) is 1. The van der Waals surface area contributed by atoms with Gasteiger partial charge in [-0.15, -0.1) is 0 Å². The Morgan fingerprint density at radius 1 is 0.913 bits per heavy atom. The topological polar surface area (TPSA) is 46.5 Å². The second kappa shape index (κ2) is 5.14. The third-order valence-electron chi connectivity index (χ3n) is 2.47. The number of aromatic amines is 1. The van der Waals surface area contributed by atoms with Crippen LogP contribution in [0.1, 0.15) is 17.1 Å². The summed E-state index contributed by atoms with van der Waals surface area (Å²) in [4.78, 5) is 0. The number of nitrogens with zero attached hydrogens (tertiary/aromatic N) is 3.